The lowest BCUT2D eigenvalue weighted by Crippen LogP contribution is -2.36. The standard InChI is InChI=1S/C14H19ClN2O3/c1-4-9(2)17(3)8-13(18)16-12-7-10(14(19)20)5-6-11(12)15/h5-7,9H,4,8H2,1-3H3,(H,16,18)(H,19,20). The Labute approximate surface area is 123 Å². The molecule has 0 saturated carbocycles. The van der Waals surface area contributed by atoms with Crippen LogP contribution >= 0.6 is 11.6 Å². The minimum absolute atomic E-state index is 0.0833. The highest BCUT2D eigenvalue weighted by Crippen LogP contribution is 2.23. The first-order valence-corrected chi connectivity index (χ1v) is 6.75. The molecule has 6 heteroatoms. The minimum atomic E-state index is -1.06. The molecule has 1 atom stereocenters. The molecule has 0 aliphatic heterocycles. The quantitative estimate of drug-likeness (QED) is 0.847. The number of carbonyl (C=O) groups is 2. The molecule has 1 rings (SSSR count). The summed E-state index contributed by atoms with van der Waals surface area (Å²) in [6.45, 7) is 4.31. The number of benzene rings is 1. The molecule has 0 aliphatic rings. The maximum absolute atomic E-state index is 11.9. The van der Waals surface area contributed by atoms with Gasteiger partial charge in [-0.2, -0.15) is 0 Å². The van der Waals surface area contributed by atoms with Crippen LogP contribution in [-0.2, 0) is 4.79 Å². The van der Waals surface area contributed by atoms with Gasteiger partial charge in [-0.1, -0.05) is 18.5 Å². The molecule has 2 N–H and O–H groups in total. The summed E-state index contributed by atoms with van der Waals surface area (Å²) in [5.74, 6) is -1.29. The number of hydrogen-bond donors (Lipinski definition) is 2. The Morgan fingerprint density at radius 3 is 2.65 bits per heavy atom. The molecule has 1 aromatic rings. The van der Waals surface area contributed by atoms with Gasteiger partial charge in [0, 0.05) is 6.04 Å². The van der Waals surface area contributed by atoms with Gasteiger partial charge < -0.3 is 10.4 Å². The Morgan fingerprint density at radius 2 is 2.10 bits per heavy atom. The lowest BCUT2D eigenvalue weighted by molar-refractivity contribution is -0.117. The topological polar surface area (TPSA) is 69.6 Å². The van der Waals surface area contributed by atoms with E-state index in [-0.39, 0.29) is 18.0 Å². The van der Waals surface area contributed by atoms with Crippen LogP contribution in [0.15, 0.2) is 18.2 Å². The van der Waals surface area contributed by atoms with Crippen molar-refractivity contribution in [2.75, 3.05) is 18.9 Å². The number of aromatic carboxylic acids is 1. The van der Waals surface area contributed by atoms with Gasteiger partial charge in [0.1, 0.15) is 0 Å². The van der Waals surface area contributed by atoms with Crippen molar-refractivity contribution in [1.29, 1.82) is 0 Å². The fourth-order valence-electron chi connectivity index (χ4n) is 1.64. The Kier molecular flexibility index (Phi) is 5.98. The molecule has 0 fully saturated rings. The van der Waals surface area contributed by atoms with Crippen LogP contribution in [-0.4, -0.2) is 41.5 Å². The van der Waals surface area contributed by atoms with E-state index in [1.165, 1.54) is 18.2 Å². The zero-order valence-corrected chi connectivity index (χ0v) is 12.6. The second kappa shape index (κ2) is 7.26. The van der Waals surface area contributed by atoms with Gasteiger partial charge in [-0.15, -0.1) is 0 Å². The van der Waals surface area contributed by atoms with Gasteiger partial charge in [0.25, 0.3) is 0 Å². The number of carboxylic acid groups (broad SMARTS) is 1. The van der Waals surface area contributed by atoms with E-state index in [2.05, 4.69) is 5.32 Å². The number of anilines is 1. The third-order valence-corrected chi connectivity index (χ3v) is 3.55. The fourth-order valence-corrected chi connectivity index (χ4v) is 1.80. The van der Waals surface area contributed by atoms with Crippen molar-refractivity contribution in [2.24, 2.45) is 0 Å². The number of amides is 1. The third-order valence-electron chi connectivity index (χ3n) is 3.22. The monoisotopic (exact) mass is 298 g/mol. The van der Waals surface area contributed by atoms with Gasteiger partial charge in [-0.25, -0.2) is 4.79 Å². The normalized spacial score (nSPS) is 12.2. The van der Waals surface area contributed by atoms with E-state index in [4.69, 9.17) is 16.7 Å². The van der Waals surface area contributed by atoms with Crippen LogP contribution in [0.5, 0.6) is 0 Å². The summed E-state index contributed by atoms with van der Waals surface area (Å²) in [5.41, 5.74) is 0.397. The Balaban J connectivity index is 2.75. The van der Waals surface area contributed by atoms with Crippen molar-refractivity contribution in [3.05, 3.63) is 28.8 Å². The number of halogens is 1. The van der Waals surface area contributed by atoms with Gasteiger partial charge in [-0.05, 0) is 38.6 Å². The van der Waals surface area contributed by atoms with Crippen LogP contribution in [0.3, 0.4) is 0 Å². The summed E-state index contributed by atoms with van der Waals surface area (Å²) in [7, 11) is 1.86. The van der Waals surface area contributed by atoms with Crippen molar-refractivity contribution < 1.29 is 14.7 Å². The molecule has 20 heavy (non-hydrogen) atoms. The van der Waals surface area contributed by atoms with E-state index in [9.17, 15) is 9.59 Å². The molecule has 1 aromatic carbocycles. The lowest BCUT2D eigenvalue weighted by Gasteiger charge is -2.22. The van der Waals surface area contributed by atoms with Crippen LogP contribution in [0, 0.1) is 0 Å². The van der Waals surface area contributed by atoms with Crippen molar-refractivity contribution in [3.8, 4) is 0 Å². The molecule has 1 unspecified atom stereocenters. The summed E-state index contributed by atoms with van der Waals surface area (Å²) in [5, 5.41) is 11.9. The SMILES string of the molecule is CCC(C)N(C)CC(=O)Nc1cc(C(=O)O)ccc1Cl. The molecule has 0 bridgehead atoms. The van der Waals surface area contributed by atoms with Crippen LogP contribution in [0.2, 0.25) is 5.02 Å². The van der Waals surface area contributed by atoms with Crippen molar-refractivity contribution in [1.82, 2.24) is 4.90 Å². The van der Waals surface area contributed by atoms with E-state index in [1.807, 2.05) is 25.8 Å². The summed E-state index contributed by atoms with van der Waals surface area (Å²) in [4.78, 5) is 24.7. The van der Waals surface area contributed by atoms with Crippen LogP contribution in [0.1, 0.15) is 30.6 Å². The number of hydrogen-bond acceptors (Lipinski definition) is 3. The molecule has 0 aliphatic carbocycles. The Hall–Kier alpha value is -1.59. The number of carbonyl (C=O) groups excluding carboxylic acids is 1. The first kappa shape index (κ1) is 16.5. The zero-order chi connectivity index (χ0) is 15.3. The highest BCUT2D eigenvalue weighted by molar-refractivity contribution is 6.33. The van der Waals surface area contributed by atoms with Crippen molar-refractivity contribution >= 4 is 29.2 Å². The maximum Gasteiger partial charge on any atom is 0.335 e. The Bertz CT molecular complexity index is 505. The predicted molar refractivity (Wildman–Crippen MR) is 79.4 cm³/mol. The van der Waals surface area contributed by atoms with Crippen molar-refractivity contribution in [3.63, 3.8) is 0 Å². The van der Waals surface area contributed by atoms with Crippen molar-refractivity contribution in [2.45, 2.75) is 26.3 Å². The van der Waals surface area contributed by atoms with Gasteiger partial charge in [0.05, 0.1) is 22.8 Å². The summed E-state index contributed by atoms with van der Waals surface area (Å²) < 4.78 is 0. The second-order valence-corrected chi connectivity index (χ2v) is 5.13. The molecule has 0 spiro atoms. The second-order valence-electron chi connectivity index (χ2n) is 4.72. The smallest absolute Gasteiger partial charge is 0.335 e. The number of nitrogens with one attached hydrogen (secondary N) is 1. The number of nitrogens with zero attached hydrogens (tertiary/aromatic N) is 1. The predicted octanol–water partition coefficient (Wildman–Crippen LogP) is 2.71. The fraction of sp³-hybridized carbons (Fsp3) is 0.429. The zero-order valence-electron chi connectivity index (χ0n) is 11.8. The molecule has 5 nitrogen and oxygen atoms in total. The van der Waals surface area contributed by atoms with E-state index in [0.717, 1.165) is 6.42 Å². The van der Waals surface area contributed by atoms with Crippen LogP contribution in [0.4, 0.5) is 5.69 Å². The first-order valence-electron chi connectivity index (χ1n) is 6.38. The molecule has 0 aromatic heterocycles. The van der Waals surface area contributed by atoms with Gasteiger partial charge in [0.15, 0.2) is 0 Å². The first-order chi connectivity index (χ1) is 9.35. The van der Waals surface area contributed by atoms with Gasteiger partial charge in [-0.3, -0.25) is 9.69 Å². The lowest BCUT2D eigenvalue weighted by atomic mass is 10.2. The van der Waals surface area contributed by atoms with E-state index < -0.39 is 5.97 Å². The maximum atomic E-state index is 11.9. The molecular formula is C14H19ClN2O3. The van der Waals surface area contributed by atoms with E-state index in [1.54, 1.807) is 0 Å². The average Bonchev–Trinajstić information content (AvgIpc) is 2.39. The molecule has 0 heterocycles. The number of carboxylic acids is 1. The Morgan fingerprint density at radius 1 is 1.45 bits per heavy atom. The highest BCUT2D eigenvalue weighted by atomic mass is 35.5. The highest BCUT2D eigenvalue weighted by Gasteiger charge is 2.14. The number of likely N-dealkylation sites (N-methyl/N-ethyl adjacent to an activating group) is 1. The summed E-state index contributed by atoms with van der Waals surface area (Å²) in [6, 6.07) is 4.50. The van der Waals surface area contributed by atoms with Gasteiger partial charge >= 0.3 is 5.97 Å². The third kappa shape index (κ3) is 4.51. The average molecular weight is 299 g/mol. The largest absolute Gasteiger partial charge is 0.478 e. The molecule has 110 valence electrons. The van der Waals surface area contributed by atoms with E-state index >= 15 is 0 Å². The van der Waals surface area contributed by atoms with Crippen LogP contribution in [0.25, 0.3) is 0 Å². The summed E-state index contributed by atoms with van der Waals surface area (Å²) in [6.07, 6.45) is 0.943. The van der Waals surface area contributed by atoms with Crippen LogP contribution < -0.4 is 5.32 Å². The molecular weight excluding hydrogens is 280 g/mol. The minimum Gasteiger partial charge on any atom is -0.478 e. The number of rotatable bonds is 6. The van der Waals surface area contributed by atoms with Gasteiger partial charge in [0.2, 0.25) is 5.91 Å². The molecule has 1 amide bonds. The van der Waals surface area contributed by atoms with E-state index in [0.29, 0.717) is 16.8 Å². The summed E-state index contributed by atoms with van der Waals surface area (Å²) >= 11 is 5.95. The molecule has 0 radical (unpaired) electrons. The molecule has 0 saturated heterocycles.